The number of hydrogen-bond donors (Lipinski definition) is 0. The molecule has 0 aromatic heterocycles. The summed E-state index contributed by atoms with van der Waals surface area (Å²) in [4.78, 5) is 0. The minimum atomic E-state index is 0.423. The van der Waals surface area contributed by atoms with Crippen molar-refractivity contribution in [3.8, 4) is 0 Å². The first kappa shape index (κ1) is 9.76. The molecular weight excluding hydrogens is 168 g/mol. The Morgan fingerprint density at radius 2 is 2.21 bits per heavy atom. The van der Waals surface area contributed by atoms with Crippen molar-refractivity contribution < 1.29 is 0 Å². The van der Waals surface area contributed by atoms with Crippen molar-refractivity contribution >= 4 is 0 Å². The third-order valence-electron chi connectivity index (χ3n) is 3.85. The Morgan fingerprint density at radius 3 is 2.79 bits per heavy atom. The molecule has 76 valence electrons. The SMILES string of the molecule is CC1=CCC(C2(C)C=CC=CC2)CC1. The Balaban J connectivity index is 2.08. The summed E-state index contributed by atoms with van der Waals surface area (Å²) in [6, 6.07) is 0. The van der Waals surface area contributed by atoms with Crippen LogP contribution in [0.15, 0.2) is 36.0 Å². The van der Waals surface area contributed by atoms with E-state index in [1.807, 2.05) is 0 Å². The van der Waals surface area contributed by atoms with Crippen LogP contribution >= 0.6 is 0 Å². The smallest absolute Gasteiger partial charge is 0.00775 e. The molecular formula is C14H20. The van der Waals surface area contributed by atoms with E-state index in [0.717, 1.165) is 5.92 Å². The van der Waals surface area contributed by atoms with Crippen molar-refractivity contribution in [3.63, 3.8) is 0 Å². The second-order valence-electron chi connectivity index (χ2n) is 5.02. The Labute approximate surface area is 87.4 Å². The average Bonchev–Trinajstić information content (AvgIpc) is 2.19. The van der Waals surface area contributed by atoms with Crippen LogP contribution < -0.4 is 0 Å². The topological polar surface area (TPSA) is 0 Å². The highest BCUT2D eigenvalue weighted by Crippen LogP contribution is 2.42. The van der Waals surface area contributed by atoms with Crippen LogP contribution in [-0.4, -0.2) is 0 Å². The zero-order chi connectivity index (χ0) is 10.0. The molecule has 0 heteroatoms. The molecule has 2 aliphatic carbocycles. The van der Waals surface area contributed by atoms with Crippen LogP contribution in [0.2, 0.25) is 0 Å². The second-order valence-corrected chi connectivity index (χ2v) is 5.02. The highest BCUT2D eigenvalue weighted by atomic mass is 14.4. The van der Waals surface area contributed by atoms with Gasteiger partial charge in [-0.3, -0.25) is 0 Å². The molecule has 0 nitrogen and oxygen atoms in total. The molecule has 2 atom stereocenters. The van der Waals surface area contributed by atoms with Crippen LogP contribution in [0, 0.1) is 11.3 Å². The molecule has 0 spiro atoms. The molecule has 0 saturated heterocycles. The molecule has 0 N–H and O–H groups in total. The van der Waals surface area contributed by atoms with Crippen LogP contribution in [-0.2, 0) is 0 Å². The molecule has 0 heterocycles. The molecule has 0 aromatic carbocycles. The third kappa shape index (κ3) is 1.84. The highest BCUT2D eigenvalue weighted by Gasteiger charge is 2.31. The van der Waals surface area contributed by atoms with Gasteiger partial charge >= 0.3 is 0 Å². The predicted molar refractivity (Wildman–Crippen MR) is 62.1 cm³/mol. The van der Waals surface area contributed by atoms with Crippen LogP contribution in [0.25, 0.3) is 0 Å². The summed E-state index contributed by atoms with van der Waals surface area (Å²) < 4.78 is 0. The maximum absolute atomic E-state index is 2.44. The van der Waals surface area contributed by atoms with Crippen LogP contribution in [0.4, 0.5) is 0 Å². The summed E-state index contributed by atoms with van der Waals surface area (Å²) in [5, 5.41) is 0. The molecule has 0 aromatic rings. The zero-order valence-electron chi connectivity index (χ0n) is 9.29. The van der Waals surface area contributed by atoms with Gasteiger partial charge in [0.2, 0.25) is 0 Å². The molecule has 14 heavy (non-hydrogen) atoms. The maximum atomic E-state index is 2.44. The minimum Gasteiger partial charge on any atom is -0.0853 e. The molecule has 0 amide bonds. The van der Waals surface area contributed by atoms with Gasteiger partial charge in [0.15, 0.2) is 0 Å². The fraction of sp³-hybridized carbons (Fsp3) is 0.571. The number of rotatable bonds is 1. The summed E-state index contributed by atoms with van der Waals surface area (Å²) in [5.74, 6) is 0.854. The Morgan fingerprint density at radius 1 is 1.36 bits per heavy atom. The zero-order valence-corrected chi connectivity index (χ0v) is 9.29. The summed E-state index contributed by atoms with van der Waals surface area (Å²) in [6.45, 7) is 4.67. The summed E-state index contributed by atoms with van der Waals surface area (Å²) in [6.07, 6.45) is 16.7. The van der Waals surface area contributed by atoms with E-state index < -0.39 is 0 Å². The van der Waals surface area contributed by atoms with E-state index >= 15 is 0 Å². The lowest BCUT2D eigenvalue weighted by Gasteiger charge is -2.37. The largest absolute Gasteiger partial charge is 0.0853 e. The monoisotopic (exact) mass is 188 g/mol. The number of allylic oxidation sites excluding steroid dienone is 6. The Kier molecular flexibility index (Phi) is 2.62. The maximum Gasteiger partial charge on any atom is -0.00775 e. The average molecular weight is 188 g/mol. The molecule has 0 saturated carbocycles. The fourth-order valence-electron chi connectivity index (χ4n) is 2.61. The lowest BCUT2D eigenvalue weighted by atomic mass is 9.67. The summed E-state index contributed by atoms with van der Waals surface area (Å²) in [5.41, 5.74) is 2.01. The van der Waals surface area contributed by atoms with E-state index in [0.29, 0.717) is 5.41 Å². The van der Waals surface area contributed by atoms with E-state index in [9.17, 15) is 0 Å². The van der Waals surface area contributed by atoms with Crippen LogP contribution in [0.3, 0.4) is 0 Å². The first-order valence-electron chi connectivity index (χ1n) is 5.71. The van der Waals surface area contributed by atoms with Gasteiger partial charge < -0.3 is 0 Å². The predicted octanol–water partition coefficient (Wildman–Crippen LogP) is 4.26. The van der Waals surface area contributed by atoms with Gasteiger partial charge in [0, 0.05) is 0 Å². The number of hydrogen-bond acceptors (Lipinski definition) is 0. The fourth-order valence-corrected chi connectivity index (χ4v) is 2.61. The van der Waals surface area contributed by atoms with E-state index in [2.05, 4.69) is 44.2 Å². The van der Waals surface area contributed by atoms with Gasteiger partial charge in [0.1, 0.15) is 0 Å². The highest BCUT2D eigenvalue weighted by molar-refractivity contribution is 5.18. The normalized spacial score (nSPS) is 37.0. The second kappa shape index (κ2) is 3.76. The van der Waals surface area contributed by atoms with Crippen LogP contribution in [0.5, 0.6) is 0 Å². The van der Waals surface area contributed by atoms with Crippen molar-refractivity contribution in [1.29, 1.82) is 0 Å². The van der Waals surface area contributed by atoms with Gasteiger partial charge in [-0.1, -0.05) is 42.9 Å². The first-order chi connectivity index (χ1) is 6.71. The van der Waals surface area contributed by atoms with Crippen molar-refractivity contribution in [3.05, 3.63) is 36.0 Å². The van der Waals surface area contributed by atoms with E-state index in [1.54, 1.807) is 5.57 Å². The van der Waals surface area contributed by atoms with Gasteiger partial charge in [-0.05, 0) is 43.9 Å². The van der Waals surface area contributed by atoms with Crippen LogP contribution in [0.1, 0.15) is 39.5 Å². The molecule has 0 radical (unpaired) electrons. The third-order valence-corrected chi connectivity index (χ3v) is 3.85. The van der Waals surface area contributed by atoms with Crippen molar-refractivity contribution in [1.82, 2.24) is 0 Å². The van der Waals surface area contributed by atoms with E-state index in [1.165, 1.54) is 25.7 Å². The first-order valence-corrected chi connectivity index (χ1v) is 5.71. The minimum absolute atomic E-state index is 0.423. The standard InChI is InChI=1S/C14H20/c1-12-6-8-13(9-7-12)14(2)10-4-3-5-11-14/h3-6,10,13H,7-9,11H2,1-2H3. The molecule has 2 rings (SSSR count). The molecule has 0 fully saturated rings. The lowest BCUT2D eigenvalue weighted by Crippen LogP contribution is -2.27. The van der Waals surface area contributed by atoms with Gasteiger partial charge in [-0.15, -0.1) is 0 Å². The summed E-state index contributed by atoms with van der Waals surface area (Å²) in [7, 11) is 0. The van der Waals surface area contributed by atoms with E-state index in [4.69, 9.17) is 0 Å². The molecule has 2 aliphatic rings. The van der Waals surface area contributed by atoms with Crippen molar-refractivity contribution in [2.75, 3.05) is 0 Å². The lowest BCUT2D eigenvalue weighted by molar-refractivity contribution is 0.234. The molecule has 0 bridgehead atoms. The Bertz CT molecular complexity index is 293. The van der Waals surface area contributed by atoms with Crippen molar-refractivity contribution in [2.24, 2.45) is 11.3 Å². The van der Waals surface area contributed by atoms with Gasteiger partial charge in [-0.25, -0.2) is 0 Å². The van der Waals surface area contributed by atoms with Gasteiger partial charge in [0.05, 0.1) is 0 Å². The van der Waals surface area contributed by atoms with Crippen molar-refractivity contribution in [2.45, 2.75) is 39.5 Å². The summed E-state index contributed by atoms with van der Waals surface area (Å²) >= 11 is 0. The van der Waals surface area contributed by atoms with Gasteiger partial charge in [-0.2, -0.15) is 0 Å². The molecule has 0 aliphatic heterocycles. The van der Waals surface area contributed by atoms with E-state index in [-0.39, 0.29) is 0 Å². The van der Waals surface area contributed by atoms with Gasteiger partial charge in [0.25, 0.3) is 0 Å². The quantitative estimate of drug-likeness (QED) is 0.539. The Hall–Kier alpha value is -0.780. The molecule has 2 unspecified atom stereocenters.